The molecule has 8 heteroatoms. The average molecular weight is 247 g/mol. The fourth-order valence-electron chi connectivity index (χ4n) is 0.587. The first-order chi connectivity index (χ1) is 6.83. The first-order valence-electron chi connectivity index (χ1n) is 4.03. The van der Waals surface area contributed by atoms with Crippen LogP contribution in [-0.2, 0) is 9.53 Å². The molecule has 0 rings (SSSR count). The summed E-state index contributed by atoms with van der Waals surface area (Å²) in [5, 5.41) is 8.37. The van der Waals surface area contributed by atoms with Crippen molar-refractivity contribution in [3.8, 4) is 0 Å². The summed E-state index contributed by atoms with van der Waals surface area (Å²) in [4.78, 5) is 10.2. The van der Waals surface area contributed by atoms with Crippen LogP contribution in [0.25, 0.3) is 0 Å². The lowest BCUT2D eigenvalue weighted by atomic mass is 10.4. The number of carbonyl (C=O) groups is 1. The smallest absolute Gasteiger partial charge is 0.411 e. The van der Waals surface area contributed by atoms with E-state index in [0.29, 0.717) is 0 Å². The van der Waals surface area contributed by atoms with Gasteiger partial charge in [-0.15, -0.1) is 0 Å². The summed E-state index contributed by atoms with van der Waals surface area (Å²) < 4.78 is 39.0. The lowest BCUT2D eigenvalue weighted by Gasteiger charge is -2.08. The van der Waals surface area contributed by atoms with E-state index in [9.17, 15) is 18.0 Å². The molecule has 0 saturated carbocycles. The van der Waals surface area contributed by atoms with E-state index in [2.05, 4.69) is 4.74 Å². The molecule has 4 nitrogen and oxygen atoms in total. The van der Waals surface area contributed by atoms with Gasteiger partial charge in [-0.1, -0.05) is 0 Å². The van der Waals surface area contributed by atoms with Crippen molar-refractivity contribution in [1.82, 2.24) is 0 Å². The molecule has 0 bridgehead atoms. The number of rotatable bonds is 7. The van der Waals surface area contributed by atoms with Crippen molar-refractivity contribution < 1.29 is 27.8 Å². The normalized spacial score (nSPS) is 13.9. The molecule has 0 heterocycles. The van der Waals surface area contributed by atoms with Gasteiger partial charge in [-0.05, 0) is 0 Å². The van der Waals surface area contributed by atoms with Crippen LogP contribution < -0.4 is 5.73 Å². The van der Waals surface area contributed by atoms with Gasteiger partial charge in [0.1, 0.15) is 12.6 Å². The quantitative estimate of drug-likeness (QED) is 0.648. The van der Waals surface area contributed by atoms with E-state index in [-0.39, 0.29) is 18.1 Å². The third kappa shape index (κ3) is 9.83. The summed E-state index contributed by atoms with van der Waals surface area (Å²) in [6.07, 6.45) is -4.32. The van der Waals surface area contributed by atoms with Crippen molar-refractivity contribution in [3.05, 3.63) is 0 Å². The average Bonchev–Trinajstić information content (AvgIpc) is 2.08. The lowest BCUT2D eigenvalue weighted by Crippen LogP contribution is -2.32. The van der Waals surface area contributed by atoms with Crippen molar-refractivity contribution in [2.75, 3.05) is 24.7 Å². The number of carboxylic acids is 1. The van der Waals surface area contributed by atoms with Crippen LogP contribution in [-0.4, -0.2) is 48.0 Å². The fraction of sp³-hybridized carbons (Fsp3) is 0.857. The first-order valence-corrected chi connectivity index (χ1v) is 5.19. The Hall–Kier alpha value is -0.470. The van der Waals surface area contributed by atoms with Gasteiger partial charge in [0, 0.05) is 11.5 Å². The Morgan fingerprint density at radius 2 is 2.13 bits per heavy atom. The Morgan fingerprint density at radius 1 is 1.53 bits per heavy atom. The van der Waals surface area contributed by atoms with E-state index >= 15 is 0 Å². The van der Waals surface area contributed by atoms with E-state index < -0.39 is 24.8 Å². The van der Waals surface area contributed by atoms with Crippen LogP contribution in [0.4, 0.5) is 13.2 Å². The molecule has 0 aromatic carbocycles. The number of ether oxygens (including phenoxy) is 1. The Labute approximate surface area is 89.0 Å². The van der Waals surface area contributed by atoms with Crippen LogP contribution >= 0.6 is 11.8 Å². The van der Waals surface area contributed by atoms with E-state index in [4.69, 9.17) is 10.8 Å². The maximum atomic E-state index is 11.6. The predicted molar refractivity (Wildman–Crippen MR) is 49.8 cm³/mol. The van der Waals surface area contributed by atoms with Crippen molar-refractivity contribution in [1.29, 1.82) is 0 Å². The zero-order chi connectivity index (χ0) is 11.9. The topological polar surface area (TPSA) is 72.5 Å². The third-order valence-electron chi connectivity index (χ3n) is 1.25. The zero-order valence-corrected chi connectivity index (χ0v) is 8.61. The van der Waals surface area contributed by atoms with Crippen molar-refractivity contribution in [2.24, 2.45) is 5.73 Å². The number of carboxylic acid groups (broad SMARTS) is 1. The number of alkyl halides is 3. The largest absolute Gasteiger partial charge is 0.480 e. The van der Waals surface area contributed by atoms with Gasteiger partial charge in [0.2, 0.25) is 0 Å². The van der Waals surface area contributed by atoms with Crippen LogP contribution in [0.5, 0.6) is 0 Å². The number of hydrogen-bond donors (Lipinski definition) is 2. The minimum absolute atomic E-state index is 0.0729. The van der Waals surface area contributed by atoms with E-state index in [1.807, 2.05) is 0 Å². The lowest BCUT2D eigenvalue weighted by molar-refractivity contribution is -0.172. The van der Waals surface area contributed by atoms with Crippen LogP contribution in [0.1, 0.15) is 0 Å². The summed E-state index contributed by atoms with van der Waals surface area (Å²) in [5.41, 5.74) is 5.16. The number of nitrogens with two attached hydrogens (primary N) is 1. The van der Waals surface area contributed by atoms with Crippen LogP contribution in [0.15, 0.2) is 0 Å². The van der Waals surface area contributed by atoms with E-state index in [1.165, 1.54) is 0 Å². The highest BCUT2D eigenvalue weighted by Gasteiger charge is 2.27. The fourth-order valence-corrected chi connectivity index (χ4v) is 1.39. The molecule has 0 fully saturated rings. The number of aliphatic carboxylic acids is 1. The van der Waals surface area contributed by atoms with Crippen molar-refractivity contribution in [2.45, 2.75) is 12.2 Å². The molecule has 0 saturated heterocycles. The molecule has 15 heavy (non-hydrogen) atoms. The highest BCUT2D eigenvalue weighted by Crippen LogP contribution is 2.14. The van der Waals surface area contributed by atoms with E-state index in [0.717, 1.165) is 11.8 Å². The molecule has 3 N–H and O–H groups in total. The van der Waals surface area contributed by atoms with Gasteiger partial charge in [0.05, 0.1) is 6.61 Å². The van der Waals surface area contributed by atoms with Crippen LogP contribution in [0, 0.1) is 0 Å². The summed E-state index contributed by atoms with van der Waals surface area (Å²) in [5.74, 6) is -0.680. The molecule has 90 valence electrons. The molecule has 0 amide bonds. The molecule has 0 unspecified atom stereocenters. The second-order valence-corrected chi connectivity index (χ2v) is 3.84. The van der Waals surface area contributed by atoms with E-state index in [1.54, 1.807) is 0 Å². The molecule has 0 aliphatic carbocycles. The van der Waals surface area contributed by atoms with Crippen molar-refractivity contribution >= 4 is 17.7 Å². The second-order valence-electron chi connectivity index (χ2n) is 2.69. The molecule has 0 spiro atoms. The SMILES string of the molecule is N[C@@H](CSCCOCC(F)(F)F)C(=O)O. The first kappa shape index (κ1) is 14.5. The highest BCUT2D eigenvalue weighted by molar-refractivity contribution is 7.99. The summed E-state index contributed by atoms with van der Waals surface area (Å²) in [7, 11) is 0. The number of halogens is 3. The van der Waals surface area contributed by atoms with Crippen LogP contribution in [0.2, 0.25) is 0 Å². The Bertz CT molecular complexity index is 200. The molecular formula is C7H12F3NO3S. The van der Waals surface area contributed by atoms with Gasteiger partial charge in [-0.3, -0.25) is 4.79 Å². The third-order valence-corrected chi connectivity index (χ3v) is 2.30. The second kappa shape index (κ2) is 6.91. The molecule has 0 aliphatic rings. The Kier molecular flexibility index (Phi) is 6.70. The Balaban J connectivity index is 3.29. The minimum atomic E-state index is -4.32. The summed E-state index contributed by atoms with van der Waals surface area (Å²) >= 11 is 1.14. The standard InChI is InChI=1S/C7H12F3NO3S/c8-7(9,10)4-14-1-2-15-3-5(11)6(12)13/h5H,1-4,11H2,(H,12,13)/t5-/m0/s1. The maximum Gasteiger partial charge on any atom is 0.411 e. The predicted octanol–water partition coefficient (Wildman–Crippen LogP) is 0.710. The monoisotopic (exact) mass is 247 g/mol. The Morgan fingerprint density at radius 3 is 2.60 bits per heavy atom. The molecule has 0 aromatic rings. The summed E-state index contributed by atoms with van der Waals surface area (Å²) in [6.45, 7) is -1.35. The maximum absolute atomic E-state index is 11.6. The number of hydrogen-bond acceptors (Lipinski definition) is 4. The molecular weight excluding hydrogens is 235 g/mol. The van der Waals surface area contributed by atoms with Gasteiger partial charge >= 0.3 is 12.1 Å². The molecule has 0 aromatic heterocycles. The molecule has 0 radical (unpaired) electrons. The van der Waals surface area contributed by atoms with Gasteiger partial charge < -0.3 is 15.6 Å². The van der Waals surface area contributed by atoms with Crippen molar-refractivity contribution in [3.63, 3.8) is 0 Å². The van der Waals surface area contributed by atoms with Gasteiger partial charge in [-0.2, -0.15) is 24.9 Å². The zero-order valence-electron chi connectivity index (χ0n) is 7.79. The molecule has 0 aliphatic heterocycles. The summed E-state index contributed by atoms with van der Waals surface area (Å²) in [6, 6.07) is -0.988. The van der Waals surface area contributed by atoms with Crippen LogP contribution in [0.3, 0.4) is 0 Å². The molecule has 1 atom stereocenters. The highest BCUT2D eigenvalue weighted by atomic mass is 32.2. The van der Waals surface area contributed by atoms with Gasteiger partial charge in [0.15, 0.2) is 0 Å². The minimum Gasteiger partial charge on any atom is -0.480 e. The van der Waals surface area contributed by atoms with Gasteiger partial charge in [-0.25, -0.2) is 0 Å². The van der Waals surface area contributed by atoms with Gasteiger partial charge in [0.25, 0.3) is 0 Å². The number of thioether (sulfide) groups is 1.